The molecule has 0 radical (unpaired) electrons. The molecule has 0 unspecified atom stereocenters. The first-order chi connectivity index (χ1) is 17.9. The molecule has 7 heteroatoms. The molecule has 2 atom stereocenters. The van der Waals surface area contributed by atoms with Crippen LogP contribution in [0.4, 0.5) is 0 Å². The van der Waals surface area contributed by atoms with Crippen molar-refractivity contribution in [1.29, 1.82) is 0 Å². The Morgan fingerprint density at radius 2 is 1.68 bits per heavy atom. The summed E-state index contributed by atoms with van der Waals surface area (Å²) in [6, 6.07) is 24.5. The van der Waals surface area contributed by atoms with E-state index in [-0.39, 0.29) is 23.6 Å². The molecule has 0 heterocycles. The number of hydrogen-bond donors (Lipinski definition) is 1. The molecule has 0 spiro atoms. The van der Waals surface area contributed by atoms with Crippen LogP contribution < -0.4 is 10.1 Å². The molecule has 3 aromatic carbocycles. The van der Waals surface area contributed by atoms with Gasteiger partial charge in [0.15, 0.2) is 0 Å². The summed E-state index contributed by atoms with van der Waals surface area (Å²) in [4.78, 5) is 29.0. The fourth-order valence-corrected chi connectivity index (χ4v) is 5.00. The van der Waals surface area contributed by atoms with E-state index in [1.54, 1.807) is 12.0 Å². The monoisotopic (exact) mass is 538 g/mol. The topological polar surface area (TPSA) is 58.6 Å². The minimum absolute atomic E-state index is 0.0109. The first kappa shape index (κ1) is 28.6. The van der Waals surface area contributed by atoms with Gasteiger partial charge in [0.05, 0.1) is 12.9 Å². The van der Waals surface area contributed by atoms with Crippen molar-refractivity contribution in [3.8, 4) is 5.75 Å². The second kappa shape index (κ2) is 14.7. The molecule has 0 aliphatic rings. The predicted octanol–water partition coefficient (Wildman–Crippen LogP) is 6.14. The molecule has 196 valence electrons. The Labute approximate surface area is 229 Å². The number of rotatable bonds is 13. The summed E-state index contributed by atoms with van der Waals surface area (Å²) in [7, 11) is 1.62. The van der Waals surface area contributed by atoms with E-state index < -0.39 is 6.04 Å². The average Bonchev–Trinajstić information content (AvgIpc) is 2.91. The van der Waals surface area contributed by atoms with Crippen molar-refractivity contribution in [2.24, 2.45) is 0 Å². The van der Waals surface area contributed by atoms with E-state index in [2.05, 4.69) is 5.32 Å². The summed E-state index contributed by atoms with van der Waals surface area (Å²) in [5.41, 5.74) is 2.96. The lowest BCUT2D eigenvalue weighted by atomic mass is 10.0. The highest BCUT2D eigenvalue weighted by Crippen LogP contribution is 2.21. The molecule has 0 aliphatic carbocycles. The van der Waals surface area contributed by atoms with Gasteiger partial charge in [0, 0.05) is 29.8 Å². The van der Waals surface area contributed by atoms with Crippen LogP contribution in [0.2, 0.25) is 5.02 Å². The molecule has 5 nitrogen and oxygen atoms in total. The Kier molecular flexibility index (Phi) is 11.4. The van der Waals surface area contributed by atoms with Gasteiger partial charge in [-0.05, 0) is 54.3 Å². The molecule has 0 bridgehead atoms. The number of methoxy groups -OCH3 is 1. The Bertz CT molecular complexity index is 1160. The van der Waals surface area contributed by atoms with Gasteiger partial charge >= 0.3 is 0 Å². The Hall–Kier alpha value is -2.96. The van der Waals surface area contributed by atoms with Crippen LogP contribution in [0.3, 0.4) is 0 Å². The fraction of sp³-hybridized carbons (Fsp3) is 0.333. The minimum atomic E-state index is -0.651. The SMILES string of the molecule is CC[C@@H](C)NC(=O)[C@H](Cc1ccccc1)N(Cc1cccc(OC)c1)C(=O)CSCc1cccc(Cl)c1. The molecular weight excluding hydrogens is 504 g/mol. The first-order valence-corrected chi connectivity index (χ1v) is 14.0. The van der Waals surface area contributed by atoms with Crippen molar-refractivity contribution < 1.29 is 14.3 Å². The zero-order valence-corrected chi connectivity index (χ0v) is 23.2. The van der Waals surface area contributed by atoms with E-state index in [4.69, 9.17) is 16.3 Å². The number of nitrogens with one attached hydrogen (secondary N) is 1. The van der Waals surface area contributed by atoms with Crippen molar-refractivity contribution in [3.63, 3.8) is 0 Å². The third-order valence-corrected chi connectivity index (χ3v) is 7.37. The zero-order chi connectivity index (χ0) is 26.6. The van der Waals surface area contributed by atoms with Crippen LogP contribution in [-0.4, -0.2) is 41.7 Å². The maximum Gasteiger partial charge on any atom is 0.243 e. The molecule has 1 N–H and O–H groups in total. The van der Waals surface area contributed by atoms with Gasteiger partial charge < -0.3 is 15.0 Å². The summed E-state index contributed by atoms with van der Waals surface area (Å²) >= 11 is 7.64. The molecule has 3 aromatic rings. The average molecular weight is 539 g/mol. The number of thioether (sulfide) groups is 1. The summed E-state index contributed by atoms with van der Waals surface area (Å²) in [5.74, 6) is 1.38. The maximum atomic E-state index is 13.7. The van der Waals surface area contributed by atoms with E-state index in [1.807, 2.05) is 92.7 Å². The van der Waals surface area contributed by atoms with Crippen LogP contribution in [0.1, 0.15) is 37.0 Å². The second-order valence-electron chi connectivity index (χ2n) is 9.02. The number of amides is 2. The van der Waals surface area contributed by atoms with Crippen molar-refractivity contribution in [2.75, 3.05) is 12.9 Å². The van der Waals surface area contributed by atoms with Crippen molar-refractivity contribution in [3.05, 3.63) is 101 Å². The van der Waals surface area contributed by atoms with Gasteiger partial charge in [-0.15, -0.1) is 11.8 Å². The van der Waals surface area contributed by atoms with E-state index >= 15 is 0 Å². The lowest BCUT2D eigenvalue weighted by Gasteiger charge is -2.32. The summed E-state index contributed by atoms with van der Waals surface area (Å²) in [6.45, 7) is 4.31. The number of carbonyl (C=O) groups is 2. The predicted molar refractivity (Wildman–Crippen MR) is 153 cm³/mol. The van der Waals surface area contributed by atoms with Crippen LogP contribution in [0.15, 0.2) is 78.9 Å². The number of nitrogens with zero attached hydrogens (tertiary/aromatic N) is 1. The van der Waals surface area contributed by atoms with Gasteiger partial charge in [0.25, 0.3) is 0 Å². The van der Waals surface area contributed by atoms with Crippen molar-refractivity contribution in [2.45, 2.75) is 51.1 Å². The van der Waals surface area contributed by atoms with Crippen molar-refractivity contribution in [1.82, 2.24) is 10.2 Å². The molecular formula is C30H35ClN2O3S. The van der Waals surface area contributed by atoms with Gasteiger partial charge in [-0.2, -0.15) is 0 Å². The summed E-state index contributed by atoms with van der Waals surface area (Å²) in [6.07, 6.45) is 1.24. The number of benzene rings is 3. The molecule has 0 saturated heterocycles. The molecule has 0 saturated carbocycles. The third-order valence-electron chi connectivity index (χ3n) is 6.14. The maximum absolute atomic E-state index is 13.7. The van der Waals surface area contributed by atoms with Crippen LogP contribution >= 0.6 is 23.4 Å². The second-order valence-corrected chi connectivity index (χ2v) is 10.4. The number of hydrogen-bond acceptors (Lipinski definition) is 4. The minimum Gasteiger partial charge on any atom is -0.497 e. The van der Waals surface area contributed by atoms with Gasteiger partial charge in [-0.1, -0.05) is 73.1 Å². The highest BCUT2D eigenvalue weighted by Gasteiger charge is 2.31. The molecule has 37 heavy (non-hydrogen) atoms. The lowest BCUT2D eigenvalue weighted by Crippen LogP contribution is -2.52. The molecule has 2 amide bonds. The largest absolute Gasteiger partial charge is 0.497 e. The Morgan fingerprint density at radius 1 is 0.973 bits per heavy atom. The molecule has 0 aromatic heterocycles. The Balaban J connectivity index is 1.87. The Morgan fingerprint density at radius 3 is 2.38 bits per heavy atom. The number of halogens is 1. The van der Waals surface area contributed by atoms with E-state index in [9.17, 15) is 9.59 Å². The smallest absolute Gasteiger partial charge is 0.243 e. The lowest BCUT2D eigenvalue weighted by molar-refractivity contribution is -0.139. The highest BCUT2D eigenvalue weighted by atomic mass is 35.5. The zero-order valence-electron chi connectivity index (χ0n) is 21.7. The molecule has 0 aliphatic heterocycles. The van der Waals surface area contributed by atoms with Crippen LogP contribution in [0.5, 0.6) is 5.75 Å². The third kappa shape index (κ3) is 9.13. The quantitative estimate of drug-likeness (QED) is 0.284. The summed E-state index contributed by atoms with van der Waals surface area (Å²) in [5, 5.41) is 3.78. The van der Waals surface area contributed by atoms with Gasteiger partial charge in [-0.25, -0.2) is 0 Å². The van der Waals surface area contributed by atoms with Crippen LogP contribution in [0.25, 0.3) is 0 Å². The number of ether oxygens (including phenoxy) is 1. The van der Waals surface area contributed by atoms with Crippen LogP contribution in [-0.2, 0) is 28.3 Å². The molecule has 3 rings (SSSR count). The standard InChI is InChI=1S/C30H35ClN2O3S/c1-4-22(2)32-30(35)28(18-23-10-6-5-7-11-23)33(19-24-12-9-15-27(17-24)36-3)29(34)21-37-20-25-13-8-14-26(31)16-25/h5-17,22,28H,4,18-21H2,1-3H3,(H,32,35)/t22-,28+/m1/s1. The number of carbonyl (C=O) groups excluding carboxylic acids is 2. The van der Waals surface area contributed by atoms with E-state index in [0.29, 0.717) is 29.5 Å². The normalized spacial score (nSPS) is 12.4. The van der Waals surface area contributed by atoms with Crippen LogP contribution in [0, 0.1) is 0 Å². The highest BCUT2D eigenvalue weighted by molar-refractivity contribution is 7.99. The van der Waals surface area contributed by atoms with Gasteiger partial charge in [-0.3, -0.25) is 9.59 Å². The van der Waals surface area contributed by atoms with E-state index in [0.717, 1.165) is 23.1 Å². The van der Waals surface area contributed by atoms with Crippen molar-refractivity contribution >= 4 is 35.2 Å². The van der Waals surface area contributed by atoms with Gasteiger partial charge in [0.1, 0.15) is 11.8 Å². The first-order valence-electron chi connectivity index (χ1n) is 12.5. The summed E-state index contributed by atoms with van der Waals surface area (Å²) < 4.78 is 5.39. The van der Waals surface area contributed by atoms with E-state index in [1.165, 1.54) is 11.8 Å². The van der Waals surface area contributed by atoms with Gasteiger partial charge in [0.2, 0.25) is 11.8 Å². The molecule has 0 fully saturated rings. The fourth-order valence-electron chi connectivity index (χ4n) is 3.93.